The third-order valence-electron chi connectivity index (χ3n) is 0. The zero-order chi connectivity index (χ0) is 0. The molecule has 0 aromatic heterocycles. The molecule has 43 valence electrons. The van der Waals surface area contributed by atoms with E-state index < -0.39 is 0 Å². The molecule has 0 amide bonds. The minimum absolute atomic E-state index is 0. The fourth-order valence-corrected chi connectivity index (χ4v) is 0. The fraction of sp³-hybridized carbons (Fsp3) is 0. The summed E-state index contributed by atoms with van der Waals surface area (Å²) in [5.41, 5.74) is 0. The summed E-state index contributed by atoms with van der Waals surface area (Å²) < 4.78 is 0. The van der Waals surface area contributed by atoms with Crippen LogP contribution >= 0.6 is 0 Å². The number of rotatable bonds is 0. The Balaban J connectivity index is 0. The van der Waals surface area contributed by atoms with Crippen LogP contribution in [0.4, 0.5) is 0 Å². The number of hydrogen-bond donors (Lipinski definition) is 0. The van der Waals surface area contributed by atoms with Crippen molar-refractivity contribution in [2.45, 2.75) is 0 Å². The standard InChI is InChI=1S/Cu.4H2O.Pb/h;4*1H2;/q+2;;;;;+2/p-4. The predicted molar refractivity (Wildman–Crippen MR) is 13.5 cm³/mol. The van der Waals surface area contributed by atoms with Crippen molar-refractivity contribution in [3.05, 3.63) is 0 Å². The van der Waals surface area contributed by atoms with Gasteiger partial charge in [-0.1, -0.05) is 0 Å². The SMILES string of the molecule is [Cu+2].[OH-].[OH-].[OH-].[OH-].[Pb+2]. The molecule has 0 aliphatic heterocycles. The molecular formula is H4CuO4Pb. The minimum atomic E-state index is 0. The third-order valence-corrected chi connectivity index (χ3v) is 0. The minimum Gasteiger partial charge on any atom is -0.870 e. The smallest absolute Gasteiger partial charge is 0.870 e. The van der Waals surface area contributed by atoms with E-state index >= 15 is 0 Å². The van der Waals surface area contributed by atoms with Crippen LogP contribution in [0.2, 0.25) is 0 Å². The van der Waals surface area contributed by atoms with Gasteiger partial charge in [-0.2, -0.15) is 0 Å². The fourth-order valence-electron chi connectivity index (χ4n) is 0. The van der Waals surface area contributed by atoms with Crippen LogP contribution in [0.5, 0.6) is 0 Å². The van der Waals surface area contributed by atoms with Crippen molar-refractivity contribution in [1.82, 2.24) is 0 Å². The molecule has 0 unspecified atom stereocenters. The second kappa shape index (κ2) is 107. The molecule has 6 heavy (non-hydrogen) atoms. The summed E-state index contributed by atoms with van der Waals surface area (Å²) in [4.78, 5) is 0. The zero-order valence-corrected chi connectivity index (χ0v) is 7.42. The molecule has 6 heteroatoms. The maximum atomic E-state index is 0. The Morgan fingerprint density at radius 1 is 0.500 bits per heavy atom. The second-order valence-corrected chi connectivity index (χ2v) is 0. The molecule has 4 nitrogen and oxygen atoms in total. The van der Waals surface area contributed by atoms with Gasteiger partial charge in [-0.15, -0.1) is 0 Å². The van der Waals surface area contributed by atoms with Crippen molar-refractivity contribution in [2.24, 2.45) is 0 Å². The van der Waals surface area contributed by atoms with Crippen molar-refractivity contribution >= 4 is 27.3 Å². The zero-order valence-electron chi connectivity index (χ0n) is 2.59. The third kappa shape index (κ3) is 59.0. The van der Waals surface area contributed by atoms with Crippen LogP contribution in [0.1, 0.15) is 0 Å². The van der Waals surface area contributed by atoms with Crippen molar-refractivity contribution in [3.63, 3.8) is 0 Å². The second-order valence-electron chi connectivity index (χ2n) is 0. The molecular weight excluding hydrogens is 335 g/mol. The van der Waals surface area contributed by atoms with E-state index in [1.807, 2.05) is 0 Å². The molecule has 0 fully saturated rings. The molecule has 4 N–H and O–H groups in total. The van der Waals surface area contributed by atoms with Gasteiger partial charge in [-0.25, -0.2) is 0 Å². The number of hydrogen-bond acceptors (Lipinski definition) is 4. The molecule has 0 spiro atoms. The van der Waals surface area contributed by atoms with Gasteiger partial charge < -0.3 is 21.9 Å². The Kier molecular flexibility index (Phi) is 3110. The molecule has 0 aromatic carbocycles. The molecule has 0 aromatic rings. The maximum Gasteiger partial charge on any atom is 2.00 e. The Morgan fingerprint density at radius 2 is 0.500 bits per heavy atom. The quantitative estimate of drug-likeness (QED) is 0.521. The van der Waals surface area contributed by atoms with Crippen LogP contribution in [0, 0.1) is 0 Å². The van der Waals surface area contributed by atoms with Gasteiger partial charge in [0.2, 0.25) is 0 Å². The van der Waals surface area contributed by atoms with E-state index in [0.717, 1.165) is 0 Å². The molecule has 0 saturated carbocycles. The van der Waals surface area contributed by atoms with Crippen molar-refractivity contribution in [2.75, 3.05) is 0 Å². The molecule has 0 rings (SSSR count). The van der Waals surface area contributed by atoms with Gasteiger partial charge in [0.15, 0.2) is 0 Å². The largest absolute Gasteiger partial charge is 2.00 e. The van der Waals surface area contributed by atoms with Crippen LogP contribution in [0.25, 0.3) is 0 Å². The van der Waals surface area contributed by atoms with Gasteiger partial charge in [0.05, 0.1) is 0 Å². The molecule has 0 aliphatic carbocycles. The first-order valence-electron chi connectivity index (χ1n) is 0. The van der Waals surface area contributed by atoms with Gasteiger partial charge >= 0.3 is 44.4 Å². The summed E-state index contributed by atoms with van der Waals surface area (Å²) >= 11 is 0. The van der Waals surface area contributed by atoms with Crippen LogP contribution in [-0.2, 0) is 17.1 Å². The van der Waals surface area contributed by atoms with E-state index in [2.05, 4.69) is 0 Å². The molecule has 0 atom stereocenters. The van der Waals surface area contributed by atoms with E-state index in [4.69, 9.17) is 0 Å². The van der Waals surface area contributed by atoms with Crippen molar-refractivity contribution in [1.29, 1.82) is 0 Å². The van der Waals surface area contributed by atoms with E-state index in [1.54, 1.807) is 0 Å². The Morgan fingerprint density at radius 3 is 0.500 bits per heavy atom. The Hall–Kier alpha value is 1.28. The summed E-state index contributed by atoms with van der Waals surface area (Å²) in [7, 11) is 0. The van der Waals surface area contributed by atoms with Crippen LogP contribution in [-0.4, -0.2) is 49.2 Å². The maximum absolute atomic E-state index is 0. The predicted octanol–water partition coefficient (Wildman–Crippen LogP) is -1.09. The average Bonchev–Trinajstić information content (AvgIpc) is 0. The molecule has 0 saturated heterocycles. The summed E-state index contributed by atoms with van der Waals surface area (Å²) in [6, 6.07) is 0. The van der Waals surface area contributed by atoms with Gasteiger partial charge in [0.25, 0.3) is 0 Å². The molecule has 0 bridgehead atoms. The topological polar surface area (TPSA) is 120 Å². The summed E-state index contributed by atoms with van der Waals surface area (Å²) in [5.74, 6) is 0. The summed E-state index contributed by atoms with van der Waals surface area (Å²) in [6.07, 6.45) is 0. The van der Waals surface area contributed by atoms with E-state index in [0.29, 0.717) is 0 Å². The van der Waals surface area contributed by atoms with E-state index in [-0.39, 0.29) is 66.3 Å². The van der Waals surface area contributed by atoms with Gasteiger partial charge in [-0.3, -0.25) is 0 Å². The normalized spacial score (nSPS) is 0. The van der Waals surface area contributed by atoms with Crippen molar-refractivity contribution < 1.29 is 39.0 Å². The first-order valence-corrected chi connectivity index (χ1v) is 0. The summed E-state index contributed by atoms with van der Waals surface area (Å²) in [6.45, 7) is 0. The van der Waals surface area contributed by atoms with E-state index in [9.17, 15) is 0 Å². The van der Waals surface area contributed by atoms with Gasteiger partial charge in [-0.05, 0) is 0 Å². The van der Waals surface area contributed by atoms with E-state index in [1.165, 1.54) is 0 Å². The van der Waals surface area contributed by atoms with Crippen LogP contribution in [0.15, 0.2) is 0 Å². The van der Waals surface area contributed by atoms with Crippen molar-refractivity contribution in [3.8, 4) is 0 Å². The molecule has 0 heterocycles. The van der Waals surface area contributed by atoms with Gasteiger partial charge in [0.1, 0.15) is 0 Å². The molecule has 3 radical (unpaired) electrons. The first-order chi connectivity index (χ1) is 0. The summed E-state index contributed by atoms with van der Waals surface area (Å²) in [5, 5.41) is 0. The average molecular weight is 339 g/mol. The Labute approximate surface area is 66.2 Å². The Bertz CT molecular complexity index is 7.51. The molecule has 0 aliphatic rings. The van der Waals surface area contributed by atoms with Gasteiger partial charge in [0, 0.05) is 0 Å². The first kappa shape index (κ1) is 175. The van der Waals surface area contributed by atoms with Crippen LogP contribution in [0.3, 0.4) is 0 Å². The monoisotopic (exact) mass is 339 g/mol. The van der Waals surface area contributed by atoms with Crippen LogP contribution < -0.4 is 0 Å².